The molecular weight excluding hydrogens is 1830 g/mol. The maximum atomic E-state index is 13.2. The normalized spacial score (nSPS) is 17.8. The monoisotopic (exact) mass is 1960 g/mol. The summed E-state index contributed by atoms with van der Waals surface area (Å²) in [5, 5.41) is 38.0. The molecule has 4 heterocycles. The molecule has 4 aliphatic rings. The van der Waals surface area contributed by atoms with Gasteiger partial charge in [0.15, 0.2) is 29.5 Å². The number of methoxy groups -OCH3 is 3. The summed E-state index contributed by atoms with van der Waals surface area (Å²) in [5.41, 5.74) is 5.80. The fourth-order valence-electron chi connectivity index (χ4n) is 16.5. The van der Waals surface area contributed by atoms with E-state index in [0.29, 0.717) is 77.5 Å². The first kappa shape index (κ1) is 109. The van der Waals surface area contributed by atoms with Crippen molar-refractivity contribution in [2.75, 3.05) is 64.8 Å². The molecule has 12 rings (SSSR count). The molecule has 0 aromatic heterocycles. The van der Waals surface area contributed by atoms with Crippen molar-refractivity contribution in [1.82, 2.24) is 42.5 Å². The second kappa shape index (κ2) is 50.9. The number of nitrogens with two attached hydrogens (primary N) is 1. The number of nitrogens with zero attached hydrogens (tertiary/aromatic N) is 1. The van der Waals surface area contributed by atoms with Crippen molar-refractivity contribution in [3.8, 4) is 6.07 Å². The minimum absolute atomic E-state index is 0.0553. The van der Waals surface area contributed by atoms with Gasteiger partial charge >= 0.3 is 17.9 Å². The van der Waals surface area contributed by atoms with Crippen molar-refractivity contribution in [3.63, 3.8) is 0 Å². The lowest BCUT2D eigenvalue weighted by atomic mass is 9.95. The molecule has 0 aliphatic carbocycles. The van der Waals surface area contributed by atoms with Crippen molar-refractivity contribution in [2.24, 2.45) is 70.8 Å². The number of ether oxygens (including phenoxy) is 3. The second-order valence-electron chi connectivity index (χ2n) is 36.0. The van der Waals surface area contributed by atoms with Crippen LogP contribution in [0.3, 0.4) is 0 Å². The van der Waals surface area contributed by atoms with E-state index < -0.39 is 140 Å². The van der Waals surface area contributed by atoms with Crippen LogP contribution in [0.2, 0.25) is 0 Å². The van der Waals surface area contributed by atoms with E-state index >= 15 is 0 Å². The molecule has 135 heavy (non-hydrogen) atoms. The van der Waals surface area contributed by atoms with Crippen molar-refractivity contribution in [3.05, 3.63) is 170 Å². The number of sulfone groups is 3. The summed E-state index contributed by atoms with van der Waals surface area (Å²) in [6, 6.07) is 47.2. The Hall–Kier alpha value is -11.5. The summed E-state index contributed by atoms with van der Waals surface area (Å²) in [5.74, 6) is -8.88. The van der Waals surface area contributed by atoms with E-state index in [2.05, 4.69) is 42.5 Å². The largest absolute Gasteiger partial charge is 0.467 e. The first-order valence-corrected chi connectivity index (χ1v) is 52.4. The third-order valence-corrected chi connectivity index (χ3v) is 30.3. The lowest BCUT2D eigenvalue weighted by Gasteiger charge is -2.23. The van der Waals surface area contributed by atoms with Gasteiger partial charge in [-0.3, -0.25) is 38.4 Å². The molecule has 4 fully saturated rings. The van der Waals surface area contributed by atoms with Gasteiger partial charge in [0.25, 0.3) is 9.05 Å². The van der Waals surface area contributed by atoms with E-state index in [1.54, 1.807) is 66.7 Å². The highest BCUT2D eigenvalue weighted by Gasteiger charge is 2.40. The van der Waals surface area contributed by atoms with Crippen LogP contribution in [0.1, 0.15) is 132 Å². The summed E-state index contributed by atoms with van der Waals surface area (Å²) >= 11 is 0. The maximum absolute atomic E-state index is 13.2. The number of carbonyl (C=O) groups is 11. The van der Waals surface area contributed by atoms with Crippen LogP contribution >= 0.6 is 10.7 Å². The summed E-state index contributed by atoms with van der Waals surface area (Å²) in [6.45, 7) is 17.6. The molecule has 0 spiro atoms. The number of fused-ring (bicyclic) bond motifs is 4. The molecule has 8 aromatic carbocycles. The molecule has 10 N–H and O–H groups in total. The molecule has 730 valence electrons. The average Bonchev–Trinajstić information content (AvgIpc) is 1.81. The summed E-state index contributed by atoms with van der Waals surface area (Å²) in [6.07, 6.45) is 4.64. The van der Waals surface area contributed by atoms with E-state index in [1.807, 2.05) is 159 Å². The summed E-state index contributed by atoms with van der Waals surface area (Å²) in [4.78, 5) is 136. The van der Waals surface area contributed by atoms with E-state index in [9.17, 15) is 91.7 Å². The Balaban J connectivity index is 0.000000213. The van der Waals surface area contributed by atoms with Crippen LogP contribution in [0, 0.1) is 76.4 Å². The molecule has 12 atom stereocenters. The number of esters is 3. The van der Waals surface area contributed by atoms with Crippen LogP contribution in [0.15, 0.2) is 189 Å². The molecule has 32 nitrogen and oxygen atoms in total. The van der Waals surface area contributed by atoms with Gasteiger partial charge in [-0.1, -0.05) is 177 Å². The zero-order valence-corrected chi connectivity index (χ0v) is 81.9. The topological polar surface area (TPSA) is 498 Å². The molecule has 37 heteroatoms. The van der Waals surface area contributed by atoms with Crippen molar-refractivity contribution < 1.29 is 101 Å². The van der Waals surface area contributed by atoms with Crippen LogP contribution < -0.4 is 48.3 Å². The zero-order chi connectivity index (χ0) is 99.2. The van der Waals surface area contributed by atoms with Crippen LogP contribution in [0.5, 0.6) is 0 Å². The molecule has 8 amide bonds. The van der Waals surface area contributed by atoms with E-state index in [1.165, 1.54) is 27.4 Å². The van der Waals surface area contributed by atoms with Gasteiger partial charge in [-0.15, -0.1) is 0 Å². The number of carbonyl (C=O) groups excluding carboxylic acids is 11. The van der Waals surface area contributed by atoms with Gasteiger partial charge in [-0.25, -0.2) is 48.1 Å². The van der Waals surface area contributed by atoms with E-state index in [0.717, 1.165) is 43.1 Å². The maximum Gasteiger partial charge on any atom is 0.328 e. The highest BCUT2D eigenvalue weighted by molar-refractivity contribution is 8.13. The van der Waals surface area contributed by atoms with Gasteiger partial charge < -0.3 is 62.5 Å². The van der Waals surface area contributed by atoms with Gasteiger partial charge in [-0.2, -0.15) is 5.26 Å². The average molecular weight is 1960 g/mol. The molecule has 4 aliphatic heterocycles. The van der Waals surface area contributed by atoms with Crippen LogP contribution in [0.4, 0.5) is 0 Å². The van der Waals surface area contributed by atoms with Gasteiger partial charge in [-0.05, 0) is 192 Å². The van der Waals surface area contributed by atoms with Crippen LogP contribution in [0.25, 0.3) is 43.1 Å². The number of nitrogens with one attached hydrogen (secondary N) is 8. The minimum Gasteiger partial charge on any atom is -0.467 e. The third kappa shape index (κ3) is 33.2. The summed E-state index contributed by atoms with van der Waals surface area (Å²) < 4.78 is 116. The van der Waals surface area contributed by atoms with Crippen molar-refractivity contribution in [1.29, 1.82) is 5.26 Å². The molecule has 0 unspecified atom stereocenters. The van der Waals surface area contributed by atoms with Crippen molar-refractivity contribution >= 4 is 158 Å². The standard InChI is InChI=1S/2C25H32N2O6S.C24H29N3O4S.C14H25N3O4.C10H7ClO2S/c2*1-16(2)12-20(15-34(31,32)21-9-8-17-6-4-5-7-18(17)13-21)24(29)27-22(25(30)33-3)14-19-10-11-26-23(19)28;1-16(2)11-20(24(29)27-21(14-25)12-19-9-10-26-23(19)28)15-32(30,31)22-8-7-17-5-3-4-6-18(17)13-22;1-8(2)6-10(15)13(19)17-11(14(20)21-3)7-9-4-5-16-12(9)18;11-14(12,13)10-6-5-8-3-1-2-4-9(8)7-10/h2*4-9,13,16,19-20,22H,10-12,14-15H2,1-3H3,(H,26,28)(H,27,29);3-8,13,16,19-21H,9-12,15H2,1-2H3,(H,26,28)(H,27,29);8-11H,4-7,15H2,1-3H3,(H,16,18)(H,17,19);1-7H/t2*19-,20+,22-;19-,20+,21-;9-,10-,11-;/m0000./s1. The number of halogens is 1. The number of rotatable bonds is 37. The number of hydrogen-bond donors (Lipinski definition) is 9. The summed E-state index contributed by atoms with van der Waals surface area (Å²) in [7, 11) is -5.98. The molecule has 0 saturated carbocycles. The predicted molar refractivity (Wildman–Crippen MR) is 514 cm³/mol. The van der Waals surface area contributed by atoms with Gasteiger partial charge in [0, 0.05) is 60.5 Å². The Kier molecular flexibility index (Phi) is 41.0. The fraction of sp³-hybridized carbons (Fsp3) is 0.469. The number of nitriles is 1. The first-order valence-electron chi connectivity index (χ1n) is 45.1. The number of benzene rings is 8. The molecule has 8 aromatic rings. The van der Waals surface area contributed by atoms with Crippen molar-refractivity contribution in [2.45, 2.75) is 182 Å². The number of hydrogen-bond acceptors (Lipinski definition) is 24. The smallest absolute Gasteiger partial charge is 0.328 e. The lowest BCUT2D eigenvalue weighted by molar-refractivity contribution is -0.146. The fourth-order valence-corrected chi connectivity index (χ4v) is 22.1. The highest BCUT2D eigenvalue weighted by atomic mass is 35.7. The quantitative estimate of drug-likeness (QED) is 0.00992. The highest BCUT2D eigenvalue weighted by Crippen LogP contribution is 2.31. The first-order chi connectivity index (χ1) is 63.8. The van der Waals surface area contributed by atoms with Crippen LogP contribution in [-0.4, -0.2) is 194 Å². The molecule has 0 bridgehead atoms. The Labute approximate surface area is 794 Å². The van der Waals surface area contributed by atoms with Gasteiger partial charge in [0.05, 0.1) is 88.0 Å². The SMILES string of the molecule is CC(C)C[C@H](CS(=O)(=O)c1ccc2ccccc2c1)C(=O)N[C@H](C#N)C[C@@H]1CCNC1=O.COC(=O)[C@H](C[C@@H]1CCNC1=O)NC(=O)[C@@H](N)CC(C)C.COC(=O)[C@H](C[C@@H]1CCNC1=O)NC(=O)[C@H](CC(C)C)CS(=O)(=O)c1ccc2ccccc2c1.COC(=O)[C@H](C[C@@H]1CCNC1=O)NC(=O)[C@H](CC(C)C)CS(=O)(=O)c1ccc2ccccc2c1.O=S(=O)(Cl)c1ccc2ccccc2c1. The minimum atomic E-state index is -3.78. The van der Waals surface area contributed by atoms with E-state index in [4.69, 9.17) is 30.6 Å². The Bertz CT molecular complexity index is 5890. The number of amides is 8. The van der Waals surface area contributed by atoms with E-state index in [-0.39, 0.29) is 122 Å². The lowest BCUT2D eigenvalue weighted by Crippen LogP contribution is -2.50. The predicted octanol–water partition coefficient (Wildman–Crippen LogP) is 10.0. The van der Waals surface area contributed by atoms with Gasteiger partial charge in [0.2, 0.25) is 47.3 Å². The second-order valence-corrected chi connectivity index (χ2v) is 44.7. The Morgan fingerprint density at radius 3 is 0.859 bits per heavy atom. The molecule has 0 radical (unpaired) electrons. The zero-order valence-electron chi connectivity index (χ0n) is 77.9. The molecule has 4 saturated heterocycles. The molecular formula is C98H125ClN10O22S4. The Morgan fingerprint density at radius 1 is 0.370 bits per heavy atom. The Morgan fingerprint density at radius 2 is 0.615 bits per heavy atom. The van der Waals surface area contributed by atoms with Crippen LogP contribution in [-0.2, 0) is 106 Å². The third-order valence-electron chi connectivity index (χ3n) is 23.6. The van der Waals surface area contributed by atoms with Gasteiger partial charge in [0.1, 0.15) is 24.2 Å².